The molecule has 2 aromatic heterocycles. The number of piperazine rings is 1. The zero-order chi connectivity index (χ0) is 58.9. The zero-order valence-electron chi connectivity index (χ0n) is 48.1. The Labute approximate surface area is 493 Å². The van der Waals surface area contributed by atoms with Gasteiger partial charge < -0.3 is 44.2 Å². The molecule has 4 aromatic carbocycles. The fraction of sp³-hybridized carbons (Fsp3) is 0.492. The van der Waals surface area contributed by atoms with E-state index in [4.69, 9.17) is 23.9 Å². The predicted molar refractivity (Wildman–Crippen MR) is 316 cm³/mol. The Morgan fingerprint density at radius 1 is 0.918 bits per heavy atom. The fourth-order valence-electron chi connectivity index (χ4n) is 14.6. The number of para-hydroxylation sites is 1. The highest BCUT2D eigenvalue weighted by molar-refractivity contribution is 7.90. The van der Waals surface area contributed by atoms with Gasteiger partial charge in [0.05, 0.1) is 58.1 Å². The first kappa shape index (κ1) is 57.0. The number of carbonyl (C=O) groups excluding carboxylic acids is 1. The number of piperidine rings is 1. The molecule has 19 nitrogen and oxygen atoms in total. The monoisotopic (exact) mass is 1190 g/mol. The van der Waals surface area contributed by atoms with E-state index in [1.807, 2.05) is 57.2 Å². The van der Waals surface area contributed by atoms with E-state index in [9.17, 15) is 32.8 Å². The number of halogens is 2. The predicted octanol–water partition coefficient (Wildman–Crippen LogP) is 10.3. The van der Waals surface area contributed by atoms with E-state index >= 15 is 4.39 Å². The number of sulfonamides is 1. The molecule has 22 heteroatoms. The molecule has 2 aliphatic carbocycles. The molecule has 1 amide bonds. The molecular formula is C63H73F2N9O10S. The highest BCUT2D eigenvalue weighted by Gasteiger charge is 2.51. The Bertz CT molecular complexity index is 3630. The van der Waals surface area contributed by atoms with Crippen molar-refractivity contribution < 1.29 is 51.0 Å². The van der Waals surface area contributed by atoms with Gasteiger partial charge in [0.1, 0.15) is 28.9 Å². The van der Waals surface area contributed by atoms with Gasteiger partial charge in [0.25, 0.3) is 21.6 Å². The van der Waals surface area contributed by atoms with Crippen LogP contribution in [-0.2, 0) is 14.8 Å². The first-order chi connectivity index (χ1) is 40.9. The standard InChI is InChI=1S/C63H73F2N9O10S/c1-38(2)83-55-7-5-4-6-44(55)54-36-71(49-18-29-82-58-45(49)11-12-47(64)57(58)65)26-27-72(54)42-33-63(34-42)21-24-70(25-22-63)41-8-10-46(51(31-41)73-50-17-28-81-37-56(50)84-61-53(73)30-40-16-23-66-59(40)68-61)60(75)69-85(79,80)43-9-13-48(52(32-43)74(77)78)67-35-39-14-19-62(3,76)20-15-39/h4-13,16,23,30-32,38-39,42,49-50,54,56,67,76H,14-15,17-22,24-29,33-37H2,1-3H3,(H,66,68)(H,69,75)/t39?,49-,50-,54+,56-,62?/m0/s1. The first-order valence-electron chi connectivity index (χ1n) is 30.0. The van der Waals surface area contributed by atoms with Gasteiger partial charge in [-0.3, -0.25) is 24.7 Å². The Balaban J connectivity index is 0.762. The van der Waals surface area contributed by atoms with Crippen molar-refractivity contribution in [1.29, 1.82) is 0 Å². The molecule has 450 valence electrons. The van der Waals surface area contributed by atoms with Crippen molar-refractivity contribution in [3.05, 3.63) is 130 Å². The minimum absolute atomic E-state index is 0.00991. The Morgan fingerprint density at radius 3 is 2.51 bits per heavy atom. The molecule has 2 saturated carbocycles. The van der Waals surface area contributed by atoms with Crippen LogP contribution >= 0.6 is 0 Å². The summed E-state index contributed by atoms with van der Waals surface area (Å²) in [7, 11) is -4.67. The molecule has 4 N–H and O–H groups in total. The second-order valence-corrected chi connectivity index (χ2v) is 26.7. The van der Waals surface area contributed by atoms with Crippen molar-refractivity contribution in [3.63, 3.8) is 0 Å². The number of nitro groups is 1. The number of H-pyrrole nitrogens is 1. The number of anilines is 4. The van der Waals surface area contributed by atoms with Crippen molar-refractivity contribution in [3.8, 4) is 17.4 Å². The molecule has 85 heavy (non-hydrogen) atoms. The van der Waals surface area contributed by atoms with Crippen LogP contribution in [0.3, 0.4) is 0 Å². The van der Waals surface area contributed by atoms with Gasteiger partial charge in [-0.2, -0.15) is 9.37 Å². The lowest BCUT2D eigenvalue weighted by Crippen LogP contribution is -2.60. The number of pyridine rings is 1. The van der Waals surface area contributed by atoms with E-state index in [1.165, 1.54) is 18.2 Å². The second kappa shape index (κ2) is 22.6. The van der Waals surface area contributed by atoms with Gasteiger partial charge in [0, 0.05) is 98.8 Å². The number of amides is 1. The number of nitrogens with zero attached hydrogens (tertiary/aromatic N) is 6. The number of aromatic amines is 1. The van der Waals surface area contributed by atoms with Gasteiger partial charge in [0.2, 0.25) is 11.7 Å². The number of nitrogens with one attached hydrogen (secondary N) is 3. The van der Waals surface area contributed by atoms with Crippen LogP contribution in [0.4, 0.5) is 37.2 Å². The second-order valence-electron chi connectivity index (χ2n) is 25.0. The molecule has 13 rings (SSSR count). The van der Waals surface area contributed by atoms with E-state index < -0.39 is 54.8 Å². The van der Waals surface area contributed by atoms with Crippen LogP contribution in [0.5, 0.6) is 17.4 Å². The summed E-state index contributed by atoms with van der Waals surface area (Å²) in [5, 5.41) is 26.9. The average Bonchev–Trinajstić information content (AvgIpc) is 2.99. The summed E-state index contributed by atoms with van der Waals surface area (Å²) >= 11 is 0. The highest BCUT2D eigenvalue weighted by Crippen LogP contribution is 2.55. The van der Waals surface area contributed by atoms with Crippen LogP contribution in [0.25, 0.3) is 11.0 Å². The largest absolute Gasteiger partial charge is 0.491 e. The first-order valence-corrected chi connectivity index (χ1v) is 31.5. The van der Waals surface area contributed by atoms with E-state index in [-0.39, 0.29) is 59.2 Å². The topological polar surface area (TPSA) is 217 Å². The van der Waals surface area contributed by atoms with E-state index in [2.05, 4.69) is 46.8 Å². The van der Waals surface area contributed by atoms with Crippen molar-refractivity contribution in [2.75, 3.05) is 74.2 Å². The number of benzene rings is 4. The van der Waals surface area contributed by atoms with Crippen molar-refractivity contribution in [2.45, 2.75) is 132 Å². The molecule has 5 fully saturated rings. The van der Waals surface area contributed by atoms with E-state index in [0.29, 0.717) is 86.5 Å². The molecule has 5 aliphatic heterocycles. The van der Waals surface area contributed by atoms with Crippen LogP contribution in [0.1, 0.15) is 119 Å². The number of rotatable bonds is 14. The van der Waals surface area contributed by atoms with E-state index in [1.54, 1.807) is 18.3 Å². The number of hydrogen-bond donors (Lipinski definition) is 4. The SMILES string of the molecule is CC(C)Oc1ccccc1[C@H]1CN([C@H]2CCOc3c2ccc(F)c3F)CCN1C1CC2(CCN(c3ccc(C(=O)NS(=O)(=O)c4ccc(NCC5CCC(C)(O)CC5)c([N+](=O)[O-])c4)c(N4c5cc6cc[nH]c6nc5O[C@H]5COCC[C@@H]54)c3)CC2)C1. The Morgan fingerprint density at radius 2 is 1.72 bits per heavy atom. The average molecular weight is 1190 g/mol. The number of hydrogen-bond acceptors (Lipinski definition) is 16. The van der Waals surface area contributed by atoms with Crippen LogP contribution in [-0.4, -0.2) is 133 Å². The Kier molecular flexibility index (Phi) is 15.2. The smallest absolute Gasteiger partial charge is 0.293 e. The number of nitro benzene ring substituents is 1. The lowest BCUT2D eigenvalue weighted by Gasteiger charge is -2.59. The van der Waals surface area contributed by atoms with Gasteiger partial charge in [-0.05, 0) is 144 Å². The minimum Gasteiger partial charge on any atom is -0.491 e. The molecule has 0 bridgehead atoms. The molecule has 3 saturated heterocycles. The molecule has 6 aromatic rings. The number of ether oxygens (including phenoxy) is 4. The lowest BCUT2D eigenvalue weighted by atomic mass is 9.59. The lowest BCUT2D eigenvalue weighted by molar-refractivity contribution is -0.384. The van der Waals surface area contributed by atoms with Crippen molar-refractivity contribution in [2.24, 2.45) is 11.3 Å². The van der Waals surface area contributed by atoms with Crippen LogP contribution in [0, 0.1) is 33.1 Å². The molecule has 7 heterocycles. The maximum Gasteiger partial charge on any atom is 0.293 e. The maximum absolute atomic E-state index is 15.1. The van der Waals surface area contributed by atoms with Crippen molar-refractivity contribution >= 4 is 55.4 Å². The van der Waals surface area contributed by atoms with Gasteiger partial charge >= 0.3 is 0 Å². The summed E-state index contributed by atoms with van der Waals surface area (Å²) in [6, 6.07) is 23.9. The third-order valence-corrected chi connectivity index (χ3v) is 20.5. The summed E-state index contributed by atoms with van der Waals surface area (Å²) < 4.78 is 85.1. The molecule has 1 spiro atoms. The number of aromatic nitrogens is 2. The van der Waals surface area contributed by atoms with Gasteiger partial charge in [-0.1, -0.05) is 24.3 Å². The molecule has 0 unspecified atom stereocenters. The summed E-state index contributed by atoms with van der Waals surface area (Å²) in [5.41, 5.74) is 3.48. The van der Waals surface area contributed by atoms with Gasteiger partial charge in [-0.25, -0.2) is 17.5 Å². The fourth-order valence-corrected chi connectivity index (χ4v) is 15.5. The maximum atomic E-state index is 15.1. The summed E-state index contributed by atoms with van der Waals surface area (Å²) in [5.74, 6) is -1.40. The van der Waals surface area contributed by atoms with E-state index in [0.717, 1.165) is 93.2 Å². The van der Waals surface area contributed by atoms with Crippen LogP contribution < -0.4 is 34.0 Å². The minimum atomic E-state index is -4.67. The summed E-state index contributed by atoms with van der Waals surface area (Å²) in [6.45, 7) is 11.0. The number of carbonyl (C=O) groups is 1. The number of aliphatic hydroxyl groups is 1. The van der Waals surface area contributed by atoms with Crippen molar-refractivity contribution in [1.82, 2.24) is 24.5 Å². The third-order valence-electron chi connectivity index (χ3n) is 19.2. The quantitative estimate of drug-likeness (QED) is 0.0589. The van der Waals surface area contributed by atoms with Gasteiger partial charge in [0.15, 0.2) is 11.6 Å². The zero-order valence-corrected chi connectivity index (χ0v) is 48.9. The molecular weight excluding hydrogens is 1110 g/mol. The normalized spacial score (nSPS) is 25.3. The summed E-state index contributed by atoms with van der Waals surface area (Å²) in [4.78, 5) is 43.7. The van der Waals surface area contributed by atoms with Gasteiger partial charge in [-0.15, -0.1) is 0 Å². The molecule has 7 aliphatic rings. The van der Waals surface area contributed by atoms with Crippen LogP contribution in [0.15, 0.2) is 96.0 Å². The molecule has 0 radical (unpaired) electrons. The van der Waals surface area contributed by atoms with Crippen LogP contribution in [0.2, 0.25) is 0 Å². The number of fused-ring (bicyclic) bond motifs is 4. The highest BCUT2D eigenvalue weighted by atomic mass is 32.2. The third kappa shape index (κ3) is 11.1. The molecule has 4 atom stereocenters. The summed E-state index contributed by atoms with van der Waals surface area (Å²) in [6.07, 6.45) is 9.09. The Hall–Kier alpha value is -7.11.